The molecular weight excluding hydrogens is 622 g/mol. The zero-order chi connectivity index (χ0) is 36.8. The molecule has 300 valence electrons. The largest absolute Gasteiger partial charge is 0.394 e. The Hall–Kier alpha value is -0.690. The monoisotopic (exact) mass is 712 g/mol. The van der Waals surface area contributed by atoms with Crippen LogP contribution < -0.4 is 5.32 Å². The second kappa shape index (κ2) is 39.5. The van der Waals surface area contributed by atoms with Crippen LogP contribution in [0.15, 0.2) is 0 Å². The molecular formula is C44H89NO5. The fourth-order valence-electron chi connectivity index (χ4n) is 7.23. The Morgan fingerprint density at radius 2 is 0.680 bits per heavy atom. The summed E-state index contributed by atoms with van der Waals surface area (Å²) in [5.41, 5.74) is 0. The van der Waals surface area contributed by atoms with Crippen molar-refractivity contribution in [3.05, 3.63) is 0 Å². The summed E-state index contributed by atoms with van der Waals surface area (Å²) in [5.74, 6) is -0.585. The molecule has 0 aromatic rings. The van der Waals surface area contributed by atoms with Gasteiger partial charge in [0.25, 0.3) is 0 Å². The summed E-state index contributed by atoms with van der Waals surface area (Å²) >= 11 is 0. The van der Waals surface area contributed by atoms with Crippen LogP contribution in [0.25, 0.3) is 0 Å². The zero-order valence-electron chi connectivity index (χ0n) is 33.7. The fourth-order valence-corrected chi connectivity index (χ4v) is 7.23. The maximum atomic E-state index is 12.4. The molecule has 0 saturated carbocycles. The summed E-state index contributed by atoms with van der Waals surface area (Å²) in [6.07, 6.45) is 41.7. The van der Waals surface area contributed by atoms with Gasteiger partial charge < -0.3 is 25.7 Å². The van der Waals surface area contributed by atoms with Crippen LogP contribution in [0.2, 0.25) is 0 Å². The predicted octanol–water partition coefficient (Wildman–Crippen LogP) is 11.6. The molecule has 0 bridgehead atoms. The van der Waals surface area contributed by atoms with E-state index in [2.05, 4.69) is 19.2 Å². The summed E-state index contributed by atoms with van der Waals surface area (Å²) in [7, 11) is 0. The number of carbonyl (C=O) groups excluding carboxylic acids is 1. The zero-order valence-corrected chi connectivity index (χ0v) is 33.7. The summed E-state index contributed by atoms with van der Waals surface area (Å²) in [6.45, 7) is 4.02. The van der Waals surface area contributed by atoms with Gasteiger partial charge in [-0.15, -0.1) is 0 Å². The molecule has 0 rings (SSSR count). The van der Waals surface area contributed by atoms with Gasteiger partial charge >= 0.3 is 0 Å². The molecule has 0 spiro atoms. The first-order chi connectivity index (χ1) is 24.5. The Morgan fingerprint density at radius 1 is 0.420 bits per heavy atom. The van der Waals surface area contributed by atoms with Crippen molar-refractivity contribution in [3.8, 4) is 0 Å². The Bertz CT molecular complexity index is 677. The summed E-state index contributed by atoms with van der Waals surface area (Å²) in [5, 5.41) is 43.5. The maximum Gasteiger partial charge on any atom is 0.249 e. The number of aliphatic hydroxyl groups is 4. The van der Waals surface area contributed by atoms with Gasteiger partial charge in [-0.3, -0.25) is 4.79 Å². The van der Waals surface area contributed by atoms with E-state index in [0.29, 0.717) is 12.8 Å². The number of hydrogen-bond acceptors (Lipinski definition) is 5. The van der Waals surface area contributed by atoms with Gasteiger partial charge in [-0.25, -0.2) is 0 Å². The Morgan fingerprint density at radius 3 is 0.960 bits per heavy atom. The third-order valence-corrected chi connectivity index (χ3v) is 10.8. The van der Waals surface area contributed by atoms with Gasteiger partial charge in [-0.2, -0.15) is 0 Å². The molecule has 0 aliphatic heterocycles. The number of rotatable bonds is 41. The van der Waals surface area contributed by atoms with Crippen LogP contribution in [0.5, 0.6) is 0 Å². The third-order valence-electron chi connectivity index (χ3n) is 10.8. The van der Waals surface area contributed by atoms with Crippen molar-refractivity contribution in [3.63, 3.8) is 0 Å². The smallest absolute Gasteiger partial charge is 0.249 e. The second-order valence-corrected chi connectivity index (χ2v) is 15.8. The van der Waals surface area contributed by atoms with Crippen LogP contribution in [0.3, 0.4) is 0 Å². The Labute approximate surface area is 311 Å². The van der Waals surface area contributed by atoms with Crippen LogP contribution in [0.4, 0.5) is 0 Å². The van der Waals surface area contributed by atoms with Crippen molar-refractivity contribution in [1.29, 1.82) is 0 Å². The first-order valence-corrected chi connectivity index (χ1v) is 22.4. The average Bonchev–Trinajstić information content (AvgIpc) is 3.12. The van der Waals surface area contributed by atoms with Gasteiger partial charge in [0, 0.05) is 0 Å². The number of amides is 1. The minimum absolute atomic E-state index is 0.372. The molecule has 0 aromatic heterocycles. The highest BCUT2D eigenvalue weighted by Crippen LogP contribution is 2.17. The van der Waals surface area contributed by atoms with Crippen molar-refractivity contribution < 1.29 is 25.2 Å². The molecule has 0 heterocycles. The number of nitrogens with one attached hydrogen (secondary N) is 1. The van der Waals surface area contributed by atoms with Crippen LogP contribution >= 0.6 is 0 Å². The van der Waals surface area contributed by atoms with E-state index >= 15 is 0 Å². The molecule has 0 aliphatic rings. The molecule has 50 heavy (non-hydrogen) atoms. The molecule has 1 amide bonds. The summed E-state index contributed by atoms with van der Waals surface area (Å²) in [6, 6.07) is -0.977. The number of carbonyl (C=O) groups is 1. The van der Waals surface area contributed by atoms with Crippen LogP contribution in [0.1, 0.15) is 245 Å². The minimum atomic E-state index is -1.25. The molecule has 4 atom stereocenters. The SMILES string of the molecule is CCCCCCCCCCCCCCCCCCCCCCCCCCCCC(O)C(O)C(CO)NC(=O)C(O)CCCCCCCCCC. The first kappa shape index (κ1) is 49.3. The van der Waals surface area contributed by atoms with Crippen molar-refractivity contribution in [1.82, 2.24) is 5.32 Å². The average molecular weight is 712 g/mol. The molecule has 6 nitrogen and oxygen atoms in total. The minimum Gasteiger partial charge on any atom is -0.394 e. The lowest BCUT2D eigenvalue weighted by Gasteiger charge is -2.27. The van der Waals surface area contributed by atoms with Gasteiger partial charge in [-0.1, -0.05) is 232 Å². The van der Waals surface area contributed by atoms with Gasteiger partial charge in [0.15, 0.2) is 0 Å². The van der Waals surface area contributed by atoms with Gasteiger partial charge in [0.05, 0.1) is 18.8 Å². The molecule has 0 saturated heterocycles. The van der Waals surface area contributed by atoms with E-state index in [0.717, 1.165) is 38.5 Å². The van der Waals surface area contributed by atoms with E-state index < -0.39 is 36.9 Å². The molecule has 0 aromatic carbocycles. The van der Waals surface area contributed by atoms with E-state index in [-0.39, 0.29) is 0 Å². The lowest BCUT2D eigenvalue weighted by molar-refractivity contribution is -0.132. The predicted molar refractivity (Wildman–Crippen MR) is 215 cm³/mol. The molecule has 5 N–H and O–H groups in total. The van der Waals surface area contributed by atoms with E-state index in [4.69, 9.17) is 0 Å². The second-order valence-electron chi connectivity index (χ2n) is 15.8. The fraction of sp³-hybridized carbons (Fsp3) is 0.977. The van der Waals surface area contributed by atoms with Crippen molar-refractivity contribution in [2.45, 2.75) is 269 Å². The number of aliphatic hydroxyl groups excluding tert-OH is 4. The Balaban J connectivity index is 3.56. The molecule has 6 heteroatoms. The molecule has 0 fully saturated rings. The molecule has 0 radical (unpaired) electrons. The molecule has 0 aliphatic carbocycles. The highest BCUT2D eigenvalue weighted by atomic mass is 16.3. The maximum absolute atomic E-state index is 12.4. The van der Waals surface area contributed by atoms with Crippen molar-refractivity contribution in [2.24, 2.45) is 0 Å². The van der Waals surface area contributed by atoms with E-state index in [1.807, 2.05) is 0 Å². The van der Waals surface area contributed by atoms with Crippen LogP contribution in [-0.4, -0.2) is 57.3 Å². The topological polar surface area (TPSA) is 110 Å². The summed E-state index contributed by atoms with van der Waals surface area (Å²) in [4.78, 5) is 12.4. The first-order valence-electron chi connectivity index (χ1n) is 22.4. The number of hydrogen-bond donors (Lipinski definition) is 5. The molecule has 4 unspecified atom stereocenters. The number of unbranched alkanes of at least 4 members (excludes halogenated alkanes) is 32. The van der Waals surface area contributed by atoms with Crippen LogP contribution in [-0.2, 0) is 4.79 Å². The van der Waals surface area contributed by atoms with E-state index in [1.54, 1.807) is 0 Å². The summed E-state index contributed by atoms with van der Waals surface area (Å²) < 4.78 is 0. The van der Waals surface area contributed by atoms with Gasteiger partial charge in [-0.05, 0) is 12.8 Å². The lowest BCUT2D eigenvalue weighted by atomic mass is 9.99. The van der Waals surface area contributed by atoms with Gasteiger partial charge in [0.1, 0.15) is 12.2 Å². The van der Waals surface area contributed by atoms with Crippen LogP contribution in [0, 0.1) is 0 Å². The Kier molecular flexibility index (Phi) is 39.0. The third kappa shape index (κ3) is 33.2. The van der Waals surface area contributed by atoms with E-state index in [9.17, 15) is 25.2 Å². The lowest BCUT2D eigenvalue weighted by Crippen LogP contribution is -2.53. The standard InChI is InChI=1S/C44H89NO5/c1-3-5-7-9-11-13-14-15-16-17-18-19-20-21-22-23-24-25-26-27-28-29-30-32-33-35-37-41(47)43(49)40(39-46)45-44(50)42(48)38-36-34-31-12-10-8-6-4-2/h40-43,46-49H,3-39H2,1-2H3,(H,45,50). The quantitative estimate of drug-likeness (QED) is 0.0406. The van der Waals surface area contributed by atoms with Gasteiger partial charge in [0.2, 0.25) is 5.91 Å². The highest BCUT2D eigenvalue weighted by molar-refractivity contribution is 5.80. The normalized spacial score (nSPS) is 14.1. The van der Waals surface area contributed by atoms with Crippen molar-refractivity contribution in [2.75, 3.05) is 6.61 Å². The highest BCUT2D eigenvalue weighted by Gasteiger charge is 2.28. The van der Waals surface area contributed by atoms with E-state index in [1.165, 1.54) is 180 Å². The van der Waals surface area contributed by atoms with Crippen molar-refractivity contribution >= 4 is 5.91 Å².